The van der Waals surface area contributed by atoms with Crippen LogP contribution in [0.3, 0.4) is 0 Å². The van der Waals surface area contributed by atoms with Crippen molar-refractivity contribution >= 4 is 0 Å². The van der Waals surface area contributed by atoms with E-state index in [0.717, 1.165) is 37.8 Å². The first kappa shape index (κ1) is 15.0. The van der Waals surface area contributed by atoms with Gasteiger partial charge in [0.25, 0.3) is 0 Å². The molecule has 0 radical (unpaired) electrons. The molecule has 0 aliphatic heterocycles. The van der Waals surface area contributed by atoms with E-state index >= 15 is 0 Å². The van der Waals surface area contributed by atoms with E-state index in [1.165, 1.54) is 24.8 Å². The van der Waals surface area contributed by atoms with Gasteiger partial charge < -0.3 is 9.84 Å². The molecule has 1 aromatic rings. The minimum absolute atomic E-state index is 0.139. The minimum atomic E-state index is -0.424. The summed E-state index contributed by atoms with van der Waals surface area (Å²) in [6.45, 7) is 2.72. The maximum Gasteiger partial charge on any atom is 0.0946 e. The highest BCUT2D eigenvalue weighted by molar-refractivity contribution is 5.28. The van der Waals surface area contributed by atoms with Crippen LogP contribution >= 0.6 is 0 Å². The van der Waals surface area contributed by atoms with Crippen molar-refractivity contribution in [3.8, 4) is 0 Å². The van der Waals surface area contributed by atoms with Gasteiger partial charge in [-0.1, -0.05) is 25.3 Å². The summed E-state index contributed by atoms with van der Waals surface area (Å²) in [6, 6.07) is 4.17. The lowest BCUT2D eigenvalue weighted by Crippen LogP contribution is -2.50. The monoisotopic (exact) mass is 289 g/mol. The van der Waals surface area contributed by atoms with E-state index < -0.39 is 6.10 Å². The van der Waals surface area contributed by atoms with E-state index in [9.17, 15) is 5.11 Å². The van der Waals surface area contributed by atoms with Crippen LogP contribution in [0.4, 0.5) is 0 Å². The molecule has 1 N–H and O–H groups in total. The van der Waals surface area contributed by atoms with Gasteiger partial charge in [-0.25, -0.2) is 0 Å². The molecule has 3 heteroatoms. The van der Waals surface area contributed by atoms with Crippen LogP contribution in [-0.2, 0) is 11.2 Å². The Bertz CT molecular complexity index is 463. The predicted octanol–water partition coefficient (Wildman–Crippen LogP) is 3.60. The maximum atomic E-state index is 11.2. The Balaban J connectivity index is 1.88. The summed E-state index contributed by atoms with van der Waals surface area (Å²) >= 11 is 0. The third-order valence-electron chi connectivity index (χ3n) is 5.29. The first-order valence-electron chi connectivity index (χ1n) is 8.52. The van der Waals surface area contributed by atoms with Crippen LogP contribution in [0.15, 0.2) is 18.3 Å². The number of aromatic nitrogens is 1. The molecule has 2 aliphatic carbocycles. The second-order valence-corrected chi connectivity index (χ2v) is 6.55. The maximum absolute atomic E-state index is 11.2. The standard InChI is InChI=1S/C18H27NO2/c1-2-21-18(11-4-3-5-12-18)17(20)15-10-6-8-14-9-7-13-19-16(14)15/h7,9,13,15,17,20H,2-6,8,10-12H2,1H3. The minimum Gasteiger partial charge on any atom is -0.389 e. The van der Waals surface area contributed by atoms with Crippen molar-refractivity contribution in [3.63, 3.8) is 0 Å². The number of nitrogens with zero attached hydrogens (tertiary/aromatic N) is 1. The zero-order chi connectivity index (χ0) is 14.7. The molecule has 2 aliphatic rings. The van der Waals surface area contributed by atoms with Crippen molar-refractivity contribution in [2.75, 3.05) is 6.61 Å². The summed E-state index contributed by atoms with van der Waals surface area (Å²) in [7, 11) is 0. The first-order chi connectivity index (χ1) is 10.3. The van der Waals surface area contributed by atoms with Crippen LogP contribution in [0.25, 0.3) is 0 Å². The molecule has 1 heterocycles. The van der Waals surface area contributed by atoms with Gasteiger partial charge >= 0.3 is 0 Å². The Morgan fingerprint density at radius 3 is 2.90 bits per heavy atom. The smallest absolute Gasteiger partial charge is 0.0946 e. The second kappa shape index (κ2) is 6.45. The van der Waals surface area contributed by atoms with Crippen molar-refractivity contribution < 1.29 is 9.84 Å². The number of fused-ring (bicyclic) bond motifs is 1. The van der Waals surface area contributed by atoms with Gasteiger partial charge in [0.1, 0.15) is 0 Å². The van der Waals surface area contributed by atoms with E-state index in [4.69, 9.17) is 4.74 Å². The summed E-state index contributed by atoms with van der Waals surface area (Å²) in [5, 5.41) is 11.2. The third kappa shape index (κ3) is 2.86. The van der Waals surface area contributed by atoms with Gasteiger partial charge in [-0.3, -0.25) is 4.98 Å². The molecule has 0 aromatic carbocycles. The van der Waals surface area contributed by atoms with Crippen LogP contribution in [0, 0.1) is 0 Å². The summed E-state index contributed by atoms with van der Waals surface area (Å²) in [5.74, 6) is 0.139. The highest BCUT2D eigenvalue weighted by Gasteiger charge is 2.45. The lowest BCUT2D eigenvalue weighted by molar-refractivity contribution is -0.148. The molecule has 2 atom stereocenters. The molecule has 3 rings (SSSR count). The van der Waals surface area contributed by atoms with Crippen LogP contribution < -0.4 is 0 Å². The number of pyridine rings is 1. The van der Waals surface area contributed by atoms with Gasteiger partial charge in [0, 0.05) is 24.4 Å². The summed E-state index contributed by atoms with van der Waals surface area (Å²) < 4.78 is 6.12. The predicted molar refractivity (Wildman–Crippen MR) is 83.4 cm³/mol. The van der Waals surface area contributed by atoms with Crippen molar-refractivity contribution in [1.29, 1.82) is 0 Å². The van der Waals surface area contributed by atoms with E-state index in [-0.39, 0.29) is 11.5 Å². The summed E-state index contributed by atoms with van der Waals surface area (Å²) in [5.41, 5.74) is 2.08. The number of rotatable bonds is 4. The quantitative estimate of drug-likeness (QED) is 0.921. The van der Waals surface area contributed by atoms with Gasteiger partial charge in [0.15, 0.2) is 0 Å². The Morgan fingerprint density at radius 1 is 1.33 bits per heavy atom. The zero-order valence-electron chi connectivity index (χ0n) is 13.1. The van der Waals surface area contributed by atoms with Crippen molar-refractivity contribution in [1.82, 2.24) is 4.98 Å². The van der Waals surface area contributed by atoms with Crippen molar-refractivity contribution in [2.45, 2.75) is 75.9 Å². The third-order valence-corrected chi connectivity index (χ3v) is 5.29. The second-order valence-electron chi connectivity index (χ2n) is 6.55. The molecule has 2 unspecified atom stereocenters. The van der Waals surface area contributed by atoms with Gasteiger partial charge in [0.05, 0.1) is 11.7 Å². The Labute approximate surface area is 127 Å². The number of aliphatic hydroxyl groups excluding tert-OH is 1. The van der Waals surface area contributed by atoms with Gasteiger partial charge in [-0.15, -0.1) is 0 Å². The molecule has 0 spiro atoms. The van der Waals surface area contributed by atoms with Crippen molar-refractivity contribution in [3.05, 3.63) is 29.6 Å². The van der Waals surface area contributed by atoms with E-state index in [2.05, 4.69) is 11.1 Å². The fraction of sp³-hybridized carbons (Fsp3) is 0.722. The average molecular weight is 289 g/mol. The number of aliphatic hydroxyl groups is 1. The SMILES string of the molecule is CCOC1(C(O)C2CCCc3cccnc32)CCCCC1. The van der Waals surface area contributed by atoms with E-state index in [1.54, 1.807) is 0 Å². The van der Waals surface area contributed by atoms with Crippen LogP contribution in [0.2, 0.25) is 0 Å². The number of hydrogen-bond acceptors (Lipinski definition) is 3. The molecule has 116 valence electrons. The topological polar surface area (TPSA) is 42.4 Å². The van der Waals surface area contributed by atoms with Gasteiger partial charge in [-0.05, 0) is 50.7 Å². The Hall–Kier alpha value is -0.930. The molecule has 0 bridgehead atoms. The molecular weight excluding hydrogens is 262 g/mol. The summed E-state index contributed by atoms with van der Waals surface area (Å²) in [6.07, 6.45) is 10.3. The highest BCUT2D eigenvalue weighted by atomic mass is 16.5. The molecule has 1 saturated carbocycles. The largest absolute Gasteiger partial charge is 0.389 e. The Kier molecular flexibility index (Phi) is 4.60. The number of aryl methyl sites for hydroxylation is 1. The van der Waals surface area contributed by atoms with Gasteiger partial charge in [-0.2, -0.15) is 0 Å². The zero-order valence-corrected chi connectivity index (χ0v) is 13.1. The summed E-state index contributed by atoms with van der Waals surface area (Å²) in [4.78, 5) is 4.59. The molecule has 0 saturated heterocycles. The first-order valence-corrected chi connectivity index (χ1v) is 8.52. The molecular formula is C18H27NO2. The molecule has 1 aromatic heterocycles. The van der Waals surface area contributed by atoms with Crippen LogP contribution in [0.1, 0.15) is 69.0 Å². The van der Waals surface area contributed by atoms with E-state index in [1.807, 2.05) is 19.2 Å². The lowest BCUT2D eigenvalue weighted by atomic mass is 9.71. The molecule has 1 fully saturated rings. The van der Waals surface area contributed by atoms with E-state index in [0.29, 0.717) is 6.61 Å². The number of hydrogen-bond donors (Lipinski definition) is 1. The molecule has 0 amide bonds. The Morgan fingerprint density at radius 2 is 2.14 bits per heavy atom. The van der Waals surface area contributed by atoms with Crippen molar-refractivity contribution in [2.24, 2.45) is 0 Å². The fourth-order valence-electron chi connectivity index (χ4n) is 4.28. The highest BCUT2D eigenvalue weighted by Crippen LogP contribution is 2.43. The number of ether oxygens (including phenoxy) is 1. The van der Waals surface area contributed by atoms with Crippen LogP contribution in [-0.4, -0.2) is 28.4 Å². The van der Waals surface area contributed by atoms with Crippen LogP contribution in [0.5, 0.6) is 0 Å². The molecule has 3 nitrogen and oxygen atoms in total. The lowest BCUT2D eigenvalue weighted by Gasteiger charge is -2.44. The normalized spacial score (nSPS) is 26.1. The van der Waals surface area contributed by atoms with Gasteiger partial charge in [0.2, 0.25) is 0 Å². The average Bonchev–Trinajstić information content (AvgIpc) is 2.55. The fourth-order valence-corrected chi connectivity index (χ4v) is 4.28. The molecule has 21 heavy (non-hydrogen) atoms.